The van der Waals surface area contributed by atoms with Gasteiger partial charge in [0, 0.05) is 27.8 Å². The van der Waals surface area contributed by atoms with Crippen LogP contribution >= 0.6 is 27.5 Å². The summed E-state index contributed by atoms with van der Waals surface area (Å²) in [5, 5.41) is 0.330. The van der Waals surface area contributed by atoms with E-state index in [1.165, 1.54) is 12.1 Å². The number of hydrogen-bond donors (Lipinski definition) is 0. The van der Waals surface area contributed by atoms with Crippen molar-refractivity contribution in [3.05, 3.63) is 50.5 Å². The van der Waals surface area contributed by atoms with E-state index in [0.29, 0.717) is 21.6 Å². The number of aromatic nitrogens is 1. The third-order valence-corrected chi connectivity index (χ3v) is 4.50. The molecule has 1 heterocycles. The zero-order chi connectivity index (χ0) is 14.4. The van der Waals surface area contributed by atoms with Gasteiger partial charge < -0.3 is 4.57 Å². The number of aryl methyl sites for hydroxylation is 1. The minimum absolute atomic E-state index is 0.169. The molecule has 0 spiro atoms. The Balaban J connectivity index is 2.29. The van der Waals surface area contributed by atoms with Crippen molar-refractivity contribution in [3.8, 4) is 5.69 Å². The molecule has 0 bridgehead atoms. The molecule has 3 rings (SSSR count). The summed E-state index contributed by atoms with van der Waals surface area (Å²) in [7, 11) is 0. The maximum absolute atomic E-state index is 13.4. The first-order chi connectivity index (χ1) is 9.49. The molecule has 1 aromatic heterocycles. The normalized spacial score (nSPS) is 14.5. The van der Waals surface area contributed by atoms with Crippen LogP contribution in [0.3, 0.4) is 0 Å². The van der Waals surface area contributed by atoms with Gasteiger partial charge in [-0.1, -0.05) is 11.6 Å². The molecule has 0 saturated heterocycles. The third kappa shape index (κ3) is 2.11. The molecule has 1 aliphatic rings. The van der Waals surface area contributed by atoms with Crippen molar-refractivity contribution >= 4 is 33.3 Å². The molecule has 20 heavy (non-hydrogen) atoms. The molecule has 0 unspecified atom stereocenters. The Morgan fingerprint density at radius 1 is 1.30 bits per heavy atom. The lowest BCUT2D eigenvalue weighted by atomic mass is 9.96. The van der Waals surface area contributed by atoms with Crippen LogP contribution in [0.2, 0.25) is 5.02 Å². The molecule has 0 aliphatic heterocycles. The van der Waals surface area contributed by atoms with Crippen LogP contribution in [0.25, 0.3) is 5.69 Å². The summed E-state index contributed by atoms with van der Waals surface area (Å²) in [6.07, 6.45) is 2.26. The van der Waals surface area contributed by atoms with E-state index in [-0.39, 0.29) is 11.6 Å². The Bertz CT molecular complexity index is 700. The first-order valence-electron chi connectivity index (χ1n) is 6.38. The van der Waals surface area contributed by atoms with Crippen molar-refractivity contribution in [1.82, 2.24) is 4.57 Å². The smallest absolute Gasteiger partial charge is 0.164 e. The summed E-state index contributed by atoms with van der Waals surface area (Å²) < 4.78 is 15.9. The van der Waals surface area contributed by atoms with Crippen molar-refractivity contribution < 1.29 is 9.18 Å². The summed E-state index contributed by atoms with van der Waals surface area (Å²) >= 11 is 9.57. The molecule has 1 aromatic carbocycles. The van der Waals surface area contributed by atoms with Gasteiger partial charge in [0.05, 0.1) is 10.7 Å². The second-order valence-corrected chi connectivity index (χ2v) is 6.24. The maximum Gasteiger partial charge on any atom is 0.164 e. The number of ketones is 1. The van der Waals surface area contributed by atoms with Gasteiger partial charge in [0.25, 0.3) is 0 Å². The summed E-state index contributed by atoms with van der Waals surface area (Å²) in [6.45, 7) is 1.93. The molecule has 0 saturated carbocycles. The zero-order valence-corrected chi connectivity index (χ0v) is 13.2. The second kappa shape index (κ2) is 5.01. The summed E-state index contributed by atoms with van der Waals surface area (Å²) in [6, 6.07) is 4.57. The summed E-state index contributed by atoms with van der Waals surface area (Å²) in [4.78, 5) is 12.0. The molecule has 0 radical (unpaired) electrons. The predicted octanol–water partition coefficient (Wildman–Crippen LogP) is 4.86. The standard InChI is InChI=1S/C15H12BrClFNO/c1-8-5-10-13(3-2-4-14(10)20)19(8)15-11(16)6-9(18)7-12(15)17/h5-7H,2-4H2,1H3. The number of nitrogens with zero attached hydrogens (tertiary/aromatic N) is 1. The van der Waals surface area contributed by atoms with Gasteiger partial charge in [0.15, 0.2) is 5.78 Å². The molecule has 104 valence electrons. The maximum atomic E-state index is 13.4. The van der Waals surface area contributed by atoms with E-state index >= 15 is 0 Å². The first kappa shape index (κ1) is 13.8. The number of halogens is 3. The van der Waals surface area contributed by atoms with Crippen LogP contribution in [-0.2, 0) is 6.42 Å². The van der Waals surface area contributed by atoms with Gasteiger partial charge in [-0.15, -0.1) is 0 Å². The molecular weight excluding hydrogens is 345 g/mol. The number of Topliss-reactive ketones (excluding diaryl/α,β-unsaturated/α-hetero) is 1. The molecule has 0 fully saturated rings. The van der Waals surface area contributed by atoms with Gasteiger partial charge in [-0.25, -0.2) is 4.39 Å². The van der Waals surface area contributed by atoms with Gasteiger partial charge in [0.1, 0.15) is 5.82 Å². The van der Waals surface area contributed by atoms with Gasteiger partial charge >= 0.3 is 0 Å². The van der Waals surface area contributed by atoms with Crippen molar-refractivity contribution in [2.75, 3.05) is 0 Å². The van der Waals surface area contributed by atoms with Gasteiger partial charge in [0.2, 0.25) is 0 Å². The first-order valence-corrected chi connectivity index (χ1v) is 7.55. The highest BCUT2D eigenvalue weighted by Crippen LogP contribution is 2.35. The molecule has 1 aliphatic carbocycles. The SMILES string of the molecule is Cc1cc2c(n1-c1c(Cl)cc(F)cc1Br)CCCC2=O. The minimum atomic E-state index is -0.389. The van der Waals surface area contributed by atoms with E-state index < -0.39 is 0 Å². The van der Waals surface area contributed by atoms with Gasteiger partial charge in [-0.05, 0) is 53.9 Å². The van der Waals surface area contributed by atoms with Crippen LogP contribution in [0.5, 0.6) is 0 Å². The van der Waals surface area contributed by atoms with Gasteiger partial charge in [-0.3, -0.25) is 4.79 Å². The average molecular weight is 357 g/mol. The summed E-state index contributed by atoms with van der Waals surface area (Å²) in [5.41, 5.74) is 3.36. The number of benzene rings is 1. The fourth-order valence-corrected chi connectivity index (χ4v) is 3.80. The van der Waals surface area contributed by atoms with Crippen molar-refractivity contribution in [2.45, 2.75) is 26.2 Å². The van der Waals surface area contributed by atoms with Crippen LogP contribution < -0.4 is 0 Å². The fraction of sp³-hybridized carbons (Fsp3) is 0.267. The molecule has 5 heteroatoms. The van der Waals surface area contributed by atoms with Crippen LogP contribution in [-0.4, -0.2) is 10.4 Å². The van der Waals surface area contributed by atoms with E-state index in [2.05, 4.69) is 15.9 Å². The number of carbonyl (C=O) groups excluding carboxylic acids is 1. The topological polar surface area (TPSA) is 22.0 Å². The Morgan fingerprint density at radius 2 is 2.05 bits per heavy atom. The number of rotatable bonds is 1. The predicted molar refractivity (Wildman–Crippen MR) is 80.4 cm³/mol. The number of fused-ring (bicyclic) bond motifs is 1. The molecule has 0 amide bonds. The lowest BCUT2D eigenvalue weighted by molar-refractivity contribution is 0.0972. The third-order valence-electron chi connectivity index (χ3n) is 3.61. The van der Waals surface area contributed by atoms with E-state index in [0.717, 1.165) is 29.8 Å². The second-order valence-electron chi connectivity index (χ2n) is 4.98. The quantitative estimate of drug-likeness (QED) is 0.715. The molecule has 0 atom stereocenters. The number of carbonyl (C=O) groups is 1. The zero-order valence-electron chi connectivity index (χ0n) is 10.8. The Hall–Kier alpha value is -1.13. The highest BCUT2D eigenvalue weighted by molar-refractivity contribution is 9.10. The molecule has 2 aromatic rings. The van der Waals surface area contributed by atoms with E-state index in [9.17, 15) is 9.18 Å². The van der Waals surface area contributed by atoms with Crippen molar-refractivity contribution in [3.63, 3.8) is 0 Å². The van der Waals surface area contributed by atoms with Crippen LogP contribution in [0.1, 0.15) is 34.6 Å². The molecular formula is C15H12BrClFNO. The fourth-order valence-electron chi connectivity index (χ4n) is 2.79. The van der Waals surface area contributed by atoms with Crippen molar-refractivity contribution in [2.24, 2.45) is 0 Å². The van der Waals surface area contributed by atoms with Crippen molar-refractivity contribution in [1.29, 1.82) is 0 Å². The number of hydrogen-bond acceptors (Lipinski definition) is 1. The molecule has 2 nitrogen and oxygen atoms in total. The molecule has 0 N–H and O–H groups in total. The van der Waals surface area contributed by atoms with Crippen LogP contribution in [0.4, 0.5) is 4.39 Å². The monoisotopic (exact) mass is 355 g/mol. The Labute approximate surface area is 129 Å². The largest absolute Gasteiger partial charge is 0.315 e. The average Bonchev–Trinajstić information content (AvgIpc) is 2.67. The Morgan fingerprint density at radius 3 is 2.75 bits per heavy atom. The summed E-state index contributed by atoms with van der Waals surface area (Å²) in [5.74, 6) is -0.220. The lowest BCUT2D eigenvalue weighted by Gasteiger charge is -2.18. The van der Waals surface area contributed by atoms with Crippen LogP contribution in [0, 0.1) is 12.7 Å². The highest BCUT2D eigenvalue weighted by Gasteiger charge is 2.25. The highest BCUT2D eigenvalue weighted by atomic mass is 79.9. The van der Waals surface area contributed by atoms with E-state index in [1.807, 2.05) is 17.6 Å². The van der Waals surface area contributed by atoms with Gasteiger partial charge in [-0.2, -0.15) is 0 Å². The van der Waals surface area contributed by atoms with Crippen LogP contribution in [0.15, 0.2) is 22.7 Å². The Kier molecular flexibility index (Phi) is 3.46. The lowest BCUT2D eigenvalue weighted by Crippen LogP contribution is -2.13. The minimum Gasteiger partial charge on any atom is -0.315 e. The van der Waals surface area contributed by atoms with E-state index in [1.54, 1.807) is 0 Å². The van der Waals surface area contributed by atoms with E-state index in [4.69, 9.17) is 11.6 Å².